The Balaban J connectivity index is 0.612. The topological polar surface area (TPSA) is 461 Å². The average molecular weight is 2070 g/mol. The quantitative estimate of drug-likeness (QED) is 0.0102. The van der Waals surface area contributed by atoms with Crippen LogP contribution in [0.15, 0.2) is 158 Å². The third-order valence-electron chi connectivity index (χ3n) is 27.2. The number of likely N-dealkylation sites (tertiary alicyclic amines) is 1. The maximum atomic E-state index is 14.4. The van der Waals surface area contributed by atoms with E-state index >= 15 is 0 Å². The first-order valence-corrected chi connectivity index (χ1v) is 51.1. The first-order valence-electron chi connectivity index (χ1n) is 51.1. The minimum Gasteiger partial charge on any atom is -0.497 e. The lowest BCUT2D eigenvalue weighted by atomic mass is 9.68. The van der Waals surface area contributed by atoms with Crippen LogP contribution in [0.2, 0.25) is 0 Å². The van der Waals surface area contributed by atoms with Gasteiger partial charge in [0, 0.05) is 124 Å². The van der Waals surface area contributed by atoms with Crippen LogP contribution in [-0.2, 0) is 119 Å². The number of carbonyl (C=O) groups excluding carboxylic acids is 9. The highest BCUT2D eigenvalue weighted by Crippen LogP contribution is 2.51. The van der Waals surface area contributed by atoms with Crippen molar-refractivity contribution >= 4 is 64.7 Å². The predicted octanol–water partition coefficient (Wildman–Crippen LogP) is 12.4. The molecule has 4 unspecified atom stereocenters. The molecule has 0 bridgehead atoms. The summed E-state index contributed by atoms with van der Waals surface area (Å²) in [6.45, 7) is 18.1. The van der Waals surface area contributed by atoms with Gasteiger partial charge in [0.15, 0.2) is 18.4 Å². The van der Waals surface area contributed by atoms with Crippen LogP contribution >= 0.6 is 0 Å². The number of anilines is 1. The molecule has 5 amide bonds. The number of ketones is 2. The van der Waals surface area contributed by atoms with E-state index in [1.54, 1.807) is 44.0 Å². The van der Waals surface area contributed by atoms with E-state index in [4.69, 9.17) is 80.5 Å². The van der Waals surface area contributed by atoms with Crippen molar-refractivity contribution in [1.29, 1.82) is 0 Å². The second kappa shape index (κ2) is 59.7. The number of carboxylic acid groups (broad SMARTS) is 1. The molecule has 39 nitrogen and oxygen atoms in total. The van der Waals surface area contributed by atoms with Gasteiger partial charge in [0.1, 0.15) is 58.0 Å². The molecule has 3 aliphatic rings. The number of nitrogens with zero attached hydrogens (tertiary/aromatic N) is 7. The van der Waals surface area contributed by atoms with Gasteiger partial charge in [0.05, 0.1) is 184 Å². The fourth-order valence-electron chi connectivity index (χ4n) is 18.4. The van der Waals surface area contributed by atoms with E-state index in [2.05, 4.69) is 55.7 Å². The van der Waals surface area contributed by atoms with E-state index in [0.29, 0.717) is 60.2 Å². The van der Waals surface area contributed by atoms with Crippen LogP contribution in [0.1, 0.15) is 183 Å². The summed E-state index contributed by atoms with van der Waals surface area (Å²) in [5, 5.41) is 38.3. The molecule has 149 heavy (non-hydrogen) atoms. The van der Waals surface area contributed by atoms with Crippen LogP contribution in [0.25, 0.3) is 22.5 Å². The van der Waals surface area contributed by atoms with Crippen molar-refractivity contribution in [3.63, 3.8) is 0 Å². The monoisotopic (exact) mass is 2070 g/mol. The Morgan fingerprint density at radius 3 is 1.48 bits per heavy atom. The number of ether oxygens (including phenoxy) is 17. The van der Waals surface area contributed by atoms with Crippen molar-refractivity contribution in [3.8, 4) is 45.5 Å². The van der Waals surface area contributed by atoms with Gasteiger partial charge >= 0.3 is 17.9 Å². The first-order chi connectivity index (χ1) is 71.9. The molecular weight excluding hydrogens is 1920 g/mol. The number of hydrogen-bond acceptors (Lipinski definition) is 31. The van der Waals surface area contributed by atoms with Crippen LogP contribution in [0.5, 0.6) is 23.0 Å². The van der Waals surface area contributed by atoms with E-state index in [-0.39, 0.29) is 241 Å². The van der Waals surface area contributed by atoms with Gasteiger partial charge in [-0.3, -0.25) is 47.9 Å². The summed E-state index contributed by atoms with van der Waals surface area (Å²) >= 11 is 0. The zero-order valence-corrected chi connectivity index (χ0v) is 87.6. The molecule has 3 aliphatic heterocycles. The molecule has 0 spiro atoms. The van der Waals surface area contributed by atoms with Crippen molar-refractivity contribution in [2.75, 3.05) is 159 Å². The van der Waals surface area contributed by atoms with Crippen molar-refractivity contribution < 1.29 is 134 Å². The molecule has 810 valence electrons. The maximum absolute atomic E-state index is 14.4. The van der Waals surface area contributed by atoms with Crippen LogP contribution in [0.3, 0.4) is 0 Å². The second-order valence-electron chi connectivity index (χ2n) is 38.2. The van der Waals surface area contributed by atoms with Crippen LogP contribution < -0.4 is 40.2 Å². The van der Waals surface area contributed by atoms with Gasteiger partial charge in [-0.15, -0.1) is 10.2 Å². The fourth-order valence-corrected chi connectivity index (χ4v) is 18.4. The Labute approximate surface area is 870 Å². The van der Waals surface area contributed by atoms with Gasteiger partial charge in [-0.2, -0.15) is 0 Å². The third-order valence-corrected chi connectivity index (χ3v) is 27.2. The highest BCUT2D eigenvalue weighted by molar-refractivity contribution is 6.04. The highest BCUT2D eigenvalue weighted by atomic mass is 16.7. The van der Waals surface area contributed by atoms with E-state index in [9.17, 15) is 53.1 Å². The van der Waals surface area contributed by atoms with E-state index < -0.39 is 88.9 Å². The summed E-state index contributed by atoms with van der Waals surface area (Å²) < 4.78 is 104. The minimum absolute atomic E-state index is 0.00903. The van der Waals surface area contributed by atoms with Gasteiger partial charge in [-0.25, -0.2) is 9.36 Å². The minimum atomic E-state index is -1.19. The van der Waals surface area contributed by atoms with Gasteiger partial charge in [0.2, 0.25) is 23.6 Å². The molecule has 8 aromatic rings. The number of nitrogens with one attached hydrogen (secondary N) is 4. The van der Waals surface area contributed by atoms with Crippen LogP contribution in [0.4, 0.5) is 5.69 Å². The van der Waals surface area contributed by atoms with Gasteiger partial charge in [0.25, 0.3) is 5.91 Å². The molecule has 39 heteroatoms. The number of carbonyl (C=O) groups is 10. The third kappa shape index (κ3) is 35.6. The van der Waals surface area contributed by atoms with Gasteiger partial charge in [-0.1, -0.05) is 150 Å². The SMILES string of the molecule is COc1ccc(C(OCC2(C)CN(C(=O)CCCCCCCCC(=O)CCC(=O)Nc3cc(C(=O)CCCOCCOCCOCCOC4O[C@H](Cn5cc(-c6cccc(OC)c6)nn5)[C@H](C)[C@H](C)[C@H]4NC(C)=O)cc(C(=O)NCCOCCOCCOCCOC4O[C@H](Cn5cc(-c6cccc(OC)c6)nn5)[C@H](OC(C)=O)[C@H](C)[C@H]4NC(C)=O)c3)CC2(C)COC(=O)CCC(=O)O)(c2ccccc2)c2ccc(OC)cc2)cc1. The summed E-state index contributed by atoms with van der Waals surface area (Å²) in [6.07, 6.45) is 4.43. The molecule has 0 saturated carbocycles. The normalized spacial score (nSPS) is 20.1. The predicted molar refractivity (Wildman–Crippen MR) is 547 cm³/mol. The largest absolute Gasteiger partial charge is 0.497 e. The number of unbranched alkanes of at least 4 members (excludes halogenated alkanes) is 5. The molecule has 0 radical (unpaired) electrons. The molecule has 6 aromatic carbocycles. The van der Waals surface area contributed by atoms with Crippen molar-refractivity contribution in [2.24, 2.45) is 28.6 Å². The van der Waals surface area contributed by atoms with Crippen LogP contribution in [0, 0.1) is 28.6 Å². The van der Waals surface area contributed by atoms with E-state index in [1.807, 2.05) is 159 Å². The molecule has 0 aliphatic carbocycles. The van der Waals surface area contributed by atoms with Crippen molar-refractivity contribution in [1.82, 2.24) is 50.8 Å². The highest BCUT2D eigenvalue weighted by Gasteiger charge is 2.56. The number of aliphatic carboxylic acids is 1. The maximum Gasteiger partial charge on any atom is 0.306 e. The molecule has 11 rings (SSSR count). The standard InChI is InChI=1S/C110H147N11O28/c1-74-75(2)102(112-77(4)122)106(148-96(74)68-120-66-93(115-117-120)80-25-22-30-91(64-80)135-11)143-59-57-141-55-53-139-51-49-137-47-24-32-95(126)82-61-83(105(132)111-46-48-138-50-52-140-54-56-142-58-60-144-107-103(113-78(5)123)76(3)104(147-79(6)124)97(149-107)69-121-67-94(116-118-121)81-26-23-31-92(65-81)136-12)63-87(62-82)114-98(127)43-38-88(125)29-20-15-13-14-16-21-33-99(128)119-70-108(7,72-145-101(131)45-44-100(129)130)109(8,71-119)73-146-110(84-27-18-17-19-28-84,85-34-39-89(133-9)40-35-85)86-36-41-90(134-10)42-37-86/h17-19,22-23,25-28,30-31,34-37,39-42,61-67,74-76,96-97,102-104,106-107H,13-16,20-21,24,29,32-33,38,43-60,68-73H2,1-12H3,(H,111,132)(H,112,122)(H,113,123)(H,114,127)(H,129,130)/t74-,75+,76-,96-,97-,102-,103-,104-,106?,107?,108?,109?/m1/s1. The smallest absolute Gasteiger partial charge is 0.306 e. The number of amides is 5. The molecule has 3 saturated heterocycles. The summed E-state index contributed by atoms with van der Waals surface area (Å²) in [6, 6.07) is 43.5. The molecule has 2 aromatic heterocycles. The Hall–Kier alpha value is -12.5. The van der Waals surface area contributed by atoms with Crippen LogP contribution in [-0.4, -0.2) is 296 Å². The van der Waals surface area contributed by atoms with Crippen molar-refractivity contribution in [3.05, 3.63) is 186 Å². The lowest BCUT2D eigenvalue weighted by molar-refractivity contribution is -0.260. The van der Waals surface area contributed by atoms with Crippen molar-refractivity contribution in [2.45, 2.75) is 207 Å². The Morgan fingerprint density at radius 2 is 0.946 bits per heavy atom. The number of rotatable bonds is 66. The van der Waals surface area contributed by atoms with Gasteiger partial charge in [-0.05, 0) is 115 Å². The number of methoxy groups -OCH3 is 4. The Bertz CT molecular complexity index is 5530. The second-order valence-corrected chi connectivity index (χ2v) is 38.2. The Kier molecular flexibility index (Phi) is 46.8. The Morgan fingerprint density at radius 1 is 0.463 bits per heavy atom. The number of esters is 2. The zero-order valence-electron chi connectivity index (χ0n) is 87.6. The molecule has 12 atom stereocenters. The number of hydrogen-bond donors (Lipinski definition) is 5. The summed E-state index contributed by atoms with van der Waals surface area (Å²) in [5.74, 6) is -2.08. The van der Waals surface area contributed by atoms with Gasteiger partial charge < -0.3 is 112 Å². The molecule has 5 heterocycles. The zero-order chi connectivity index (χ0) is 107. The number of carboxylic acids is 1. The number of Topliss-reactive ketones (excluding diaryl/α,β-unsaturated/α-hetero) is 2. The van der Waals surface area contributed by atoms with E-state index in [0.717, 1.165) is 53.5 Å². The number of benzene rings is 6. The first kappa shape index (κ1) is 117. The summed E-state index contributed by atoms with van der Waals surface area (Å²) in [4.78, 5) is 133. The number of aromatic nitrogens is 6. The average Bonchev–Trinajstić information content (AvgIpc) is 1.71. The molecular formula is C110H147N11O28. The molecule has 3 fully saturated rings. The molecule has 5 N–H and O–H groups in total. The lowest BCUT2D eigenvalue weighted by Gasteiger charge is -2.44. The lowest BCUT2D eigenvalue weighted by Crippen LogP contribution is -2.61. The summed E-state index contributed by atoms with van der Waals surface area (Å²) in [5.41, 5.74) is 3.00. The fraction of sp³-hybridized carbons (Fsp3) is 0.545. The van der Waals surface area contributed by atoms with E-state index in [1.165, 1.54) is 39.0 Å². The summed E-state index contributed by atoms with van der Waals surface area (Å²) in [7, 11) is 6.39.